The van der Waals surface area contributed by atoms with E-state index in [2.05, 4.69) is 65.8 Å². The van der Waals surface area contributed by atoms with Gasteiger partial charge >= 0.3 is 0 Å². The Morgan fingerprint density at radius 2 is 1.75 bits per heavy atom. The second-order valence-corrected chi connectivity index (χ2v) is 5.82. The Labute approximate surface area is 123 Å². The van der Waals surface area contributed by atoms with Crippen molar-refractivity contribution in [3.8, 4) is 10.4 Å². The van der Waals surface area contributed by atoms with Crippen molar-refractivity contribution in [2.24, 2.45) is 0 Å². The first-order valence-electron chi connectivity index (χ1n) is 6.62. The Bertz CT molecular complexity index is 672. The van der Waals surface area contributed by atoms with Crippen LogP contribution in [0.15, 0.2) is 60.8 Å². The number of anilines is 1. The van der Waals surface area contributed by atoms with E-state index in [1.165, 1.54) is 16.0 Å². The van der Waals surface area contributed by atoms with Gasteiger partial charge in [-0.05, 0) is 24.6 Å². The summed E-state index contributed by atoms with van der Waals surface area (Å²) in [7, 11) is 0. The van der Waals surface area contributed by atoms with Crippen molar-refractivity contribution < 1.29 is 0 Å². The van der Waals surface area contributed by atoms with Crippen LogP contribution in [0.2, 0.25) is 0 Å². The molecule has 1 N–H and O–H groups in total. The van der Waals surface area contributed by atoms with Crippen LogP contribution in [0.4, 0.5) is 5.69 Å². The first-order chi connectivity index (χ1) is 9.81. The summed E-state index contributed by atoms with van der Waals surface area (Å²) in [5.41, 5.74) is 3.63. The van der Waals surface area contributed by atoms with Crippen molar-refractivity contribution in [3.05, 3.63) is 71.4 Å². The summed E-state index contributed by atoms with van der Waals surface area (Å²) >= 11 is 1.73. The monoisotopic (exact) mass is 280 g/mol. The Hall–Kier alpha value is -2.13. The van der Waals surface area contributed by atoms with Gasteiger partial charge in [-0.25, -0.2) is 4.98 Å². The zero-order valence-corrected chi connectivity index (χ0v) is 12.2. The number of nitrogens with one attached hydrogen (secondary N) is 1. The Morgan fingerprint density at radius 1 is 1.00 bits per heavy atom. The lowest BCUT2D eigenvalue weighted by molar-refractivity contribution is 1.10. The van der Waals surface area contributed by atoms with Gasteiger partial charge in [0.05, 0.1) is 11.4 Å². The molecule has 0 bridgehead atoms. The zero-order valence-electron chi connectivity index (χ0n) is 11.3. The molecule has 3 aromatic rings. The second kappa shape index (κ2) is 5.88. The van der Waals surface area contributed by atoms with Crippen LogP contribution in [0.25, 0.3) is 10.4 Å². The fraction of sp³-hybridized carbons (Fsp3) is 0.118. The van der Waals surface area contributed by atoms with E-state index in [9.17, 15) is 0 Å². The van der Waals surface area contributed by atoms with Crippen molar-refractivity contribution in [3.63, 3.8) is 0 Å². The summed E-state index contributed by atoms with van der Waals surface area (Å²) in [4.78, 5) is 5.70. The highest BCUT2D eigenvalue weighted by atomic mass is 32.1. The van der Waals surface area contributed by atoms with Crippen LogP contribution in [0, 0.1) is 6.92 Å². The molecule has 0 atom stereocenters. The van der Waals surface area contributed by atoms with Crippen molar-refractivity contribution in [1.82, 2.24) is 4.98 Å². The van der Waals surface area contributed by atoms with Crippen LogP contribution in [-0.2, 0) is 6.54 Å². The smallest absolute Gasteiger partial charge is 0.112 e. The number of hydrogen-bond acceptors (Lipinski definition) is 3. The molecular formula is C17H16N2S. The first kappa shape index (κ1) is 12.9. The molecule has 1 heterocycles. The fourth-order valence-corrected chi connectivity index (χ4v) is 2.84. The number of aryl methyl sites for hydroxylation is 1. The van der Waals surface area contributed by atoms with Gasteiger partial charge in [0.15, 0.2) is 0 Å². The van der Waals surface area contributed by atoms with E-state index in [0.717, 1.165) is 17.2 Å². The van der Waals surface area contributed by atoms with E-state index >= 15 is 0 Å². The summed E-state index contributed by atoms with van der Waals surface area (Å²) in [5.74, 6) is 0. The predicted molar refractivity (Wildman–Crippen MR) is 86.1 cm³/mol. The molecule has 20 heavy (non-hydrogen) atoms. The maximum atomic E-state index is 4.48. The molecule has 0 radical (unpaired) electrons. The molecule has 0 aliphatic heterocycles. The molecule has 2 nitrogen and oxygen atoms in total. The molecule has 0 unspecified atom stereocenters. The average Bonchev–Trinajstić information content (AvgIpc) is 2.97. The average molecular weight is 280 g/mol. The minimum Gasteiger partial charge on any atom is -0.379 e. The summed E-state index contributed by atoms with van der Waals surface area (Å²) < 4.78 is 0. The Balaban J connectivity index is 1.67. The minimum absolute atomic E-state index is 0.764. The van der Waals surface area contributed by atoms with Crippen LogP contribution in [0.3, 0.4) is 0 Å². The highest BCUT2D eigenvalue weighted by Gasteiger charge is 2.03. The summed E-state index contributed by atoms with van der Waals surface area (Å²) in [6.07, 6.45) is 1.95. The van der Waals surface area contributed by atoms with Gasteiger partial charge in [-0.15, -0.1) is 11.3 Å². The Kier molecular flexibility index (Phi) is 3.79. The largest absolute Gasteiger partial charge is 0.379 e. The second-order valence-electron chi connectivity index (χ2n) is 4.70. The maximum absolute atomic E-state index is 4.48. The maximum Gasteiger partial charge on any atom is 0.112 e. The normalized spacial score (nSPS) is 10.4. The number of rotatable bonds is 4. The molecule has 0 spiro atoms. The van der Waals surface area contributed by atoms with Gasteiger partial charge in [-0.1, -0.05) is 48.0 Å². The molecule has 1 aromatic heterocycles. The third kappa shape index (κ3) is 3.06. The molecule has 0 aliphatic carbocycles. The summed E-state index contributed by atoms with van der Waals surface area (Å²) in [5, 5.41) is 4.50. The number of benzene rings is 2. The third-order valence-corrected chi connectivity index (χ3v) is 4.15. The van der Waals surface area contributed by atoms with Crippen LogP contribution < -0.4 is 5.32 Å². The van der Waals surface area contributed by atoms with Crippen LogP contribution in [-0.4, -0.2) is 4.98 Å². The Morgan fingerprint density at radius 3 is 2.50 bits per heavy atom. The number of nitrogens with zero attached hydrogens (tertiary/aromatic N) is 1. The van der Waals surface area contributed by atoms with Crippen molar-refractivity contribution >= 4 is 17.0 Å². The topological polar surface area (TPSA) is 24.9 Å². The number of thiazole rings is 1. The molecule has 3 rings (SSSR count). The van der Waals surface area contributed by atoms with Crippen LogP contribution in [0.5, 0.6) is 0 Å². The summed E-state index contributed by atoms with van der Waals surface area (Å²) in [6, 6.07) is 18.8. The quantitative estimate of drug-likeness (QED) is 0.747. The SMILES string of the molecule is Cc1ccc(NCc2ncc(-c3ccccc3)s2)cc1. The molecule has 3 heteroatoms. The molecule has 100 valence electrons. The van der Waals surface area contributed by atoms with E-state index in [1.54, 1.807) is 11.3 Å². The lowest BCUT2D eigenvalue weighted by Gasteiger charge is -2.04. The molecule has 0 saturated heterocycles. The van der Waals surface area contributed by atoms with E-state index in [4.69, 9.17) is 0 Å². The van der Waals surface area contributed by atoms with E-state index in [-0.39, 0.29) is 0 Å². The van der Waals surface area contributed by atoms with E-state index in [0.29, 0.717) is 0 Å². The van der Waals surface area contributed by atoms with Gasteiger partial charge in [0.25, 0.3) is 0 Å². The lowest BCUT2D eigenvalue weighted by Crippen LogP contribution is -1.98. The van der Waals surface area contributed by atoms with E-state index < -0.39 is 0 Å². The number of aromatic nitrogens is 1. The van der Waals surface area contributed by atoms with Gasteiger partial charge < -0.3 is 5.32 Å². The highest BCUT2D eigenvalue weighted by molar-refractivity contribution is 7.15. The van der Waals surface area contributed by atoms with Gasteiger partial charge in [-0.2, -0.15) is 0 Å². The third-order valence-electron chi connectivity index (χ3n) is 3.11. The van der Waals surface area contributed by atoms with Crippen LogP contribution >= 0.6 is 11.3 Å². The lowest BCUT2D eigenvalue weighted by atomic mass is 10.2. The highest BCUT2D eigenvalue weighted by Crippen LogP contribution is 2.26. The minimum atomic E-state index is 0.764. The molecule has 2 aromatic carbocycles. The van der Waals surface area contributed by atoms with Gasteiger partial charge in [0.2, 0.25) is 0 Å². The summed E-state index contributed by atoms with van der Waals surface area (Å²) in [6.45, 7) is 2.86. The zero-order chi connectivity index (χ0) is 13.8. The van der Waals surface area contributed by atoms with Gasteiger partial charge in [0.1, 0.15) is 5.01 Å². The predicted octanol–water partition coefficient (Wildman–Crippen LogP) is 4.73. The fourth-order valence-electron chi connectivity index (χ4n) is 1.98. The number of hydrogen-bond donors (Lipinski definition) is 1. The molecule has 0 aliphatic rings. The van der Waals surface area contributed by atoms with Crippen LogP contribution in [0.1, 0.15) is 10.6 Å². The first-order valence-corrected chi connectivity index (χ1v) is 7.43. The van der Waals surface area contributed by atoms with Gasteiger partial charge in [0, 0.05) is 11.9 Å². The van der Waals surface area contributed by atoms with Crippen molar-refractivity contribution in [1.29, 1.82) is 0 Å². The van der Waals surface area contributed by atoms with E-state index in [1.807, 2.05) is 12.3 Å². The standard InChI is InChI=1S/C17H16N2S/c1-13-7-9-15(10-8-13)18-12-17-19-11-16(20-17)14-5-3-2-4-6-14/h2-11,18H,12H2,1H3. The molecule has 0 saturated carbocycles. The molecule has 0 amide bonds. The van der Waals surface area contributed by atoms with Crippen molar-refractivity contribution in [2.45, 2.75) is 13.5 Å². The van der Waals surface area contributed by atoms with Crippen molar-refractivity contribution in [2.75, 3.05) is 5.32 Å². The van der Waals surface area contributed by atoms with Gasteiger partial charge in [-0.3, -0.25) is 0 Å². The molecule has 0 fully saturated rings. The molecular weight excluding hydrogens is 264 g/mol.